The normalized spacial score (nSPS) is 24.7. The molecule has 2 heterocycles. The Morgan fingerprint density at radius 2 is 1.77 bits per heavy atom. The van der Waals surface area contributed by atoms with Crippen molar-refractivity contribution in [1.82, 2.24) is 4.90 Å². The van der Waals surface area contributed by atoms with Crippen molar-refractivity contribution in [2.24, 2.45) is 11.8 Å². The number of halogens is 3. The van der Waals surface area contributed by atoms with Crippen molar-refractivity contribution in [3.63, 3.8) is 0 Å². The third-order valence-corrected chi connectivity index (χ3v) is 5.21. The van der Waals surface area contributed by atoms with E-state index in [2.05, 4.69) is 0 Å². The summed E-state index contributed by atoms with van der Waals surface area (Å²) in [6.45, 7) is 0.990. The molecule has 2 aliphatic heterocycles. The fraction of sp³-hybridized carbons (Fsp3) is 0.556. The van der Waals surface area contributed by atoms with Gasteiger partial charge in [0.2, 0.25) is 0 Å². The van der Waals surface area contributed by atoms with Crippen LogP contribution in [0.1, 0.15) is 35.2 Å². The van der Waals surface area contributed by atoms with Gasteiger partial charge < -0.3 is 14.7 Å². The highest BCUT2D eigenvalue weighted by molar-refractivity contribution is 5.96. The van der Waals surface area contributed by atoms with Crippen LogP contribution in [0.5, 0.6) is 0 Å². The highest BCUT2D eigenvalue weighted by Crippen LogP contribution is 2.35. The van der Waals surface area contributed by atoms with Crippen LogP contribution in [-0.2, 0) is 15.7 Å². The number of amides is 1. The lowest BCUT2D eigenvalue weighted by atomic mass is 9.84. The highest BCUT2D eigenvalue weighted by Gasteiger charge is 2.41. The molecule has 1 aromatic rings. The number of carbonyl (C=O) groups excluding carboxylic acids is 1. The summed E-state index contributed by atoms with van der Waals surface area (Å²) in [4.78, 5) is 25.3. The van der Waals surface area contributed by atoms with Gasteiger partial charge in [-0.1, -0.05) is 12.1 Å². The summed E-state index contributed by atoms with van der Waals surface area (Å²) in [5.41, 5.74) is -1.28. The molecule has 3 rings (SSSR count). The van der Waals surface area contributed by atoms with Gasteiger partial charge in [0.05, 0.1) is 23.1 Å². The van der Waals surface area contributed by atoms with Gasteiger partial charge >= 0.3 is 12.1 Å². The Bertz CT molecular complexity index is 683. The van der Waals surface area contributed by atoms with Crippen molar-refractivity contribution in [2.45, 2.75) is 31.5 Å². The predicted molar refractivity (Wildman–Crippen MR) is 85.6 cm³/mol. The van der Waals surface area contributed by atoms with Gasteiger partial charge in [0.1, 0.15) is 0 Å². The Balaban J connectivity index is 1.67. The lowest BCUT2D eigenvalue weighted by Gasteiger charge is -2.35. The van der Waals surface area contributed by atoms with Gasteiger partial charge in [-0.05, 0) is 37.3 Å². The number of likely N-dealkylation sites (tertiary alicyclic amines) is 1. The minimum absolute atomic E-state index is 0.000472. The SMILES string of the molecule is O=C(O)C1CCO[C@H]1C1CCN(C(=O)c2ccccc2C(F)(F)F)CC1. The molecule has 1 amide bonds. The second-order valence-corrected chi connectivity index (χ2v) is 6.74. The van der Waals surface area contributed by atoms with Crippen molar-refractivity contribution in [3.05, 3.63) is 35.4 Å². The number of carbonyl (C=O) groups is 2. The van der Waals surface area contributed by atoms with Crippen molar-refractivity contribution < 1.29 is 32.6 Å². The number of alkyl halides is 3. The molecule has 2 saturated heterocycles. The first-order chi connectivity index (χ1) is 12.3. The number of hydrogen-bond donors (Lipinski definition) is 1. The van der Waals surface area contributed by atoms with Crippen LogP contribution in [0.2, 0.25) is 0 Å². The monoisotopic (exact) mass is 371 g/mol. The summed E-state index contributed by atoms with van der Waals surface area (Å²) in [5.74, 6) is -2.07. The van der Waals surface area contributed by atoms with Gasteiger partial charge in [-0.3, -0.25) is 9.59 Å². The van der Waals surface area contributed by atoms with E-state index in [4.69, 9.17) is 4.74 Å². The van der Waals surface area contributed by atoms with Gasteiger partial charge in [0.25, 0.3) is 5.91 Å². The Labute approximate surface area is 148 Å². The number of carboxylic acid groups (broad SMARTS) is 1. The third kappa shape index (κ3) is 3.70. The molecule has 1 N–H and O–H groups in total. The summed E-state index contributed by atoms with van der Waals surface area (Å²) >= 11 is 0. The van der Waals surface area contributed by atoms with Crippen LogP contribution in [-0.4, -0.2) is 47.7 Å². The zero-order valence-electron chi connectivity index (χ0n) is 14.0. The Hall–Kier alpha value is -2.09. The van der Waals surface area contributed by atoms with E-state index >= 15 is 0 Å². The van der Waals surface area contributed by atoms with Crippen LogP contribution in [0.3, 0.4) is 0 Å². The second-order valence-electron chi connectivity index (χ2n) is 6.74. The van der Waals surface area contributed by atoms with Crippen LogP contribution >= 0.6 is 0 Å². The minimum Gasteiger partial charge on any atom is -0.481 e. The van der Waals surface area contributed by atoms with E-state index in [-0.39, 0.29) is 17.6 Å². The number of piperidine rings is 1. The summed E-state index contributed by atoms with van der Waals surface area (Å²) in [5, 5.41) is 9.26. The molecule has 1 aromatic carbocycles. The summed E-state index contributed by atoms with van der Waals surface area (Å²) in [6.07, 6.45) is -3.45. The zero-order chi connectivity index (χ0) is 18.9. The first-order valence-corrected chi connectivity index (χ1v) is 8.59. The molecular weight excluding hydrogens is 351 g/mol. The van der Waals surface area contributed by atoms with Crippen LogP contribution < -0.4 is 0 Å². The van der Waals surface area contributed by atoms with Gasteiger partial charge in [-0.2, -0.15) is 13.2 Å². The predicted octanol–water partition coefficient (Wildman–Crippen LogP) is 3.05. The molecule has 0 radical (unpaired) electrons. The summed E-state index contributed by atoms with van der Waals surface area (Å²) in [7, 11) is 0. The minimum atomic E-state index is -4.59. The first-order valence-electron chi connectivity index (χ1n) is 8.59. The van der Waals surface area contributed by atoms with Crippen LogP contribution in [0.15, 0.2) is 24.3 Å². The van der Waals surface area contributed by atoms with Gasteiger partial charge in [-0.25, -0.2) is 0 Å². The van der Waals surface area contributed by atoms with Crippen LogP contribution in [0.4, 0.5) is 13.2 Å². The van der Waals surface area contributed by atoms with Crippen molar-refractivity contribution in [2.75, 3.05) is 19.7 Å². The average molecular weight is 371 g/mol. The van der Waals surface area contributed by atoms with E-state index in [9.17, 15) is 27.9 Å². The average Bonchev–Trinajstić information content (AvgIpc) is 3.10. The number of carboxylic acids is 1. The van der Waals surface area contributed by atoms with E-state index in [0.717, 1.165) is 6.07 Å². The molecular formula is C18H20F3NO4. The van der Waals surface area contributed by atoms with E-state index in [1.165, 1.54) is 23.1 Å². The fourth-order valence-corrected chi connectivity index (χ4v) is 3.86. The Morgan fingerprint density at radius 1 is 1.12 bits per heavy atom. The number of benzene rings is 1. The number of hydrogen-bond acceptors (Lipinski definition) is 3. The molecule has 1 unspecified atom stereocenters. The van der Waals surface area contributed by atoms with E-state index in [0.29, 0.717) is 39.0 Å². The maximum absolute atomic E-state index is 13.1. The molecule has 0 aliphatic carbocycles. The molecule has 0 saturated carbocycles. The zero-order valence-corrected chi connectivity index (χ0v) is 14.0. The van der Waals surface area contributed by atoms with Gasteiger partial charge in [0, 0.05) is 19.7 Å². The summed E-state index contributed by atoms with van der Waals surface area (Å²) in [6, 6.07) is 4.77. The van der Waals surface area contributed by atoms with Crippen molar-refractivity contribution in [3.8, 4) is 0 Å². The number of rotatable bonds is 3. The number of ether oxygens (including phenoxy) is 1. The molecule has 2 aliphatic rings. The Morgan fingerprint density at radius 3 is 2.38 bits per heavy atom. The molecule has 2 fully saturated rings. The van der Waals surface area contributed by atoms with E-state index < -0.39 is 29.5 Å². The van der Waals surface area contributed by atoms with Crippen LogP contribution in [0, 0.1) is 11.8 Å². The Kier molecular flexibility index (Phi) is 5.22. The largest absolute Gasteiger partial charge is 0.481 e. The van der Waals surface area contributed by atoms with E-state index in [1.807, 2.05) is 0 Å². The van der Waals surface area contributed by atoms with Crippen molar-refractivity contribution in [1.29, 1.82) is 0 Å². The maximum Gasteiger partial charge on any atom is 0.417 e. The molecule has 26 heavy (non-hydrogen) atoms. The second kappa shape index (κ2) is 7.26. The van der Waals surface area contributed by atoms with Crippen LogP contribution in [0.25, 0.3) is 0 Å². The van der Waals surface area contributed by atoms with Gasteiger partial charge in [0.15, 0.2) is 0 Å². The molecule has 0 aromatic heterocycles. The topological polar surface area (TPSA) is 66.8 Å². The van der Waals surface area contributed by atoms with Gasteiger partial charge in [-0.15, -0.1) is 0 Å². The molecule has 8 heteroatoms. The van der Waals surface area contributed by atoms with E-state index in [1.54, 1.807) is 0 Å². The smallest absolute Gasteiger partial charge is 0.417 e. The van der Waals surface area contributed by atoms with Crippen molar-refractivity contribution >= 4 is 11.9 Å². The quantitative estimate of drug-likeness (QED) is 0.887. The maximum atomic E-state index is 13.1. The fourth-order valence-electron chi connectivity index (χ4n) is 3.86. The standard InChI is InChI=1S/C18H20F3NO4/c19-18(20,21)14-4-2-1-3-12(14)16(23)22-8-5-11(6-9-22)15-13(17(24)25)7-10-26-15/h1-4,11,13,15H,5-10H2,(H,24,25)/t13?,15-/m0/s1. The lowest BCUT2D eigenvalue weighted by molar-refractivity contribution is -0.145. The number of nitrogens with zero attached hydrogens (tertiary/aromatic N) is 1. The number of aliphatic carboxylic acids is 1. The highest BCUT2D eigenvalue weighted by atomic mass is 19.4. The molecule has 5 nitrogen and oxygen atoms in total. The first kappa shape index (κ1) is 18.7. The molecule has 142 valence electrons. The lowest BCUT2D eigenvalue weighted by Crippen LogP contribution is -2.43. The molecule has 2 atom stereocenters. The molecule has 0 bridgehead atoms. The summed E-state index contributed by atoms with van der Waals surface area (Å²) < 4.78 is 44.9. The molecule has 0 spiro atoms. The third-order valence-electron chi connectivity index (χ3n) is 5.21.